The number of sulfonamides is 1. The molecule has 1 unspecified atom stereocenters. The molecule has 0 bridgehead atoms. The number of nitrogens with one attached hydrogen (secondary N) is 1. The zero-order valence-electron chi connectivity index (χ0n) is 11.7. The van der Waals surface area contributed by atoms with Crippen LogP contribution in [0.1, 0.15) is 0 Å². The second-order valence-electron chi connectivity index (χ2n) is 4.77. The summed E-state index contributed by atoms with van der Waals surface area (Å²) in [5.74, 6) is 0.636. The van der Waals surface area contributed by atoms with Gasteiger partial charge in [0.2, 0.25) is 10.0 Å². The third-order valence-electron chi connectivity index (χ3n) is 3.04. The summed E-state index contributed by atoms with van der Waals surface area (Å²) in [5, 5.41) is 3.22. The Bertz CT molecular complexity index is 522. The van der Waals surface area contributed by atoms with Crippen molar-refractivity contribution in [3.8, 4) is 5.75 Å². The van der Waals surface area contributed by atoms with Gasteiger partial charge in [-0.3, -0.25) is 0 Å². The van der Waals surface area contributed by atoms with Crippen molar-refractivity contribution in [3.63, 3.8) is 0 Å². The lowest BCUT2D eigenvalue weighted by Crippen LogP contribution is -2.41. The summed E-state index contributed by atoms with van der Waals surface area (Å²) in [6.07, 6.45) is 0.0361. The average molecular weight is 300 g/mol. The molecule has 2 rings (SSSR count). The zero-order chi connectivity index (χ0) is 14.6. The number of nitrogens with zero attached hydrogens (tertiary/aromatic N) is 1. The molecular weight excluding hydrogens is 280 g/mol. The molecule has 0 aromatic heterocycles. The Kier molecular flexibility index (Phi) is 4.98. The van der Waals surface area contributed by atoms with Gasteiger partial charge in [-0.1, -0.05) is 0 Å². The minimum absolute atomic E-state index is 0.0361. The second kappa shape index (κ2) is 6.53. The normalized spacial score (nSPS) is 20.1. The van der Waals surface area contributed by atoms with E-state index in [1.807, 2.05) is 0 Å². The first-order valence-electron chi connectivity index (χ1n) is 6.48. The van der Waals surface area contributed by atoms with Gasteiger partial charge in [0, 0.05) is 27.2 Å². The summed E-state index contributed by atoms with van der Waals surface area (Å²) >= 11 is 0. The fourth-order valence-corrected chi connectivity index (χ4v) is 2.74. The molecule has 1 heterocycles. The summed E-state index contributed by atoms with van der Waals surface area (Å²) in [5.41, 5.74) is 0. The van der Waals surface area contributed by atoms with Crippen LogP contribution in [0, 0.1) is 0 Å². The standard InChI is InChI=1S/C13H20N2O4S/c1-15(2)20(16,17)13-5-3-11(4-6-13)19-10-12-9-14-7-8-18-12/h3-6,12,14H,7-10H2,1-2H3. The molecule has 1 aliphatic rings. The van der Waals surface area contributed by atoms with E-state index in [0.717, 1.165) is 13.1 Å². The van der Waals surface area contributed by atoms with E-state index in [0.29, 0.717) is 19.0 Å². The molecule has 1 fully saturated rings. The van der Waals surface area contributed by atoms with Gasteiger partial charge in [0.25, 0.3) is 0 Å². The highest BCUT2D eigenvalue weighted by molar-refractivity contribution is 7.89. The Morgan fingerprint density at radius 1 is 1.35 bits per heavy atom. The van der Waals surface area contributed by atoms with Crippen molar-refractivity contribution in [2.75, 3.05) is 40.4 Å². The maximum Gasteiger partial charge on any atom is 0.242 e. The molecule has 112 valence electrons. The van der Waals surface area contributed by atoms with Crippen molar-refractivity contribution < 1.29 is 17.9 Å². The van der Waals surface area contributed by atoms with Crippen molar-refractivity contribution in [2.45, 2.75) is 11.0 Å². The first-order chi connectivity index (χ1) is 9.50. The molecule has 1 aliphatic heterocycles. The molecule has 1 N–H and O–H groups in total. The van der Waals surface area contributed by atoms with Crippen LogP contribution in [0.15, 0.2) is 29.2 Å². The summed E-state index contributed by atoms with van der Waals surface area (Å²) < 4.78 is 36.1. The van der Waals surface area contributed by atoms with E-state index >= 15 is 0 Å². The predicted octanol–water partition coefficient (Wildman–Crippen LogP) is 0.304. The van der Waals surface area contributed by atoms with E-state index in [2.05, 4.69) is 5.32 Å². The fourth-order valence-electron chi connectivity index (χ4n) is 1.83. The summed E-state index contributed by atoms with van der Waals surface area (Å²) in [6.45, 7) is 2.78. The molecule has 1 aromatic carbocycles. The van der Waals surface area contributed by atoms with E-state index in [-0.39, 0.29) is 11.0 Å². The summed E-state index contributed by atoms with van der Waals surface area (Å²) in [6, 6.07) is 6.41. The largest absolute Gasteiger partial charge is 0.491 e. The van der Waals surface area contributed by atoms with Crippen LogP contribution >= 0.6 is 0 Å². The van der Waals surface area contributed by atoms with Crippen LogP contribution < -0.4 is 10.1 Å². The van der Waals surface area contributed by atoms with Gasteiger partial charge in [0.1, 0.15) is 18.5 Å². The Labute approximate surface area is 119 Å². The Balaban J connectivity index is 1.94. The van der Waals surface area contributed by atoms with E-state index in [9.17, 15) is 8.42 Å². The quantitative estimate of drug-likeness (QED) is 0.847. The molecule has 20 heavy (non-hydrogen) atoms. The Morgan fingerprint density at radius 3 is 2.60 bits per heavy atom. The van der Waals surface area contributed by atoms with Crippen LogP contribution in [-0.2, 0) is 14.8 Å². The molecule has 0 spiro atoms. The minimum Gasteiger partial charge on any atom is -0.491 e. The van der Waals surface area contributed by atoms with Crippen molar-refractivity contribution in [3.05, 3.63) is 24.3 Å². The van der Waals surface area contributed by atoms with Crippen LogP contribution in [0.4, 0.5) is 0 Å². The highest BCUT2D eigenvalue weighted by Crippen LogP contribution is 2.18. The number of hydrogen-bond donors (Lipinski definition) is 1. The van der Waals surface area contributed by atoms with Gasteiger partial charge in [-0.15, -0.1) is 0 Å². The van der Waals surface area contributed by atoms with E-state index in [4.69, 9.17) is 9.47 Å². The number of hydrogen-bond acceptors (Lipinski definition) is 5. The maximum atomic E-state index is 11.9. The molecular formula is C13H20N2O4S. The third-order valence-corrected chi connectivity index (χ3v) is 4.87. The van der Waals surface area contributed by atoms with E-state index in [1.54, 1.807) is 24.3 Å². The predicted molar refractivity (Wildman–Crippen MR) is 75.4 cm³/mol. The second-order valence-corrected chi connectivity index (χ2v) is 6.92. The van der Waals surface area contributed by atoms with Crippen molar-refractivity contribution in [1.82, 2.24) is 9.62 Å². The Morgan fingerprint density at radius 2 is 2.05 bits per heavy atom. The monoisotopic (exact) mass is 300 g/mol. The minimum atomic E-state index is -3.39. The van der Waals surface area contributed by atoms with Gasteiger partial charge in [-0.05, 0) is 24.3 Å². The molecule has 6 nitrogen and oxygen atoms in total. The van der Waals surface area contributed by atoms with Gasteiger partial charge in [0.15, 0.2) is 0 Å². The van der Waals surface area contributed by atoms with Gasteiger partial charge < -0.3 is 14.8 Å². The van der Waals surface area contributed by atoms with Crippen LogP contribution in [-0.4, -0.2) is 59.2 Å². The number of ether oxygens (including phenoxy) is 2. The van der Waals surface area contributed by atoms with Crippen LogP contribution in [0.2, 0.25) is 0 Å². The van der Waals surface area contributed by atoms with Crippen LogP contribution in [0.5, 0.6) is 5.75 Å². The van der Waals surface area contributed by atoms with E-state index < -0.39 is 10.0 Å². The smallest absolute Gasteiger partial charge is 0.242 e. The van der Waals surface area contributed by atoms with Crippen molar-refractivity contribution in [2.24, 2.45) is 0 Å². The van der Waals surface area contributed by atoms with Gasteiger partial charge in [-0.2, -0.15) is 0 Å². The molecule has 1 atom stereocenters. The van der Waals surface area contributed by atoms with Gasteiger partial charge >= 0.3 is 0 Å². The topological polar surface area (TPSA) is 67.9 Å². The van der Waals surface area contributed by atoms with Crippen LogP contribution in [0.3, 0.4) is 0 Å². The molecule has 0 aliphatic carbocycles. The van der Waals surface area contributed by atoms with Crippen molar-refractivity contribution >= 4 is 10.0 Å². The lowest BCUT2D eigenvalue weighted by atomic mass is 10.3. The average Bonchev–Trinajstić information content (AvgIpc) is 2.46. The first kappa shape index (κ1) is 15.2. The molecule has 7 heteroatoms. The molecule has 0 radical (unpaired) electrons. The number of rotatable bonds is 5. The molecule has 1 aromatic rings. The molecule has 0 amide bonds. The molecule has 1 saturated heterocycles. The zero-order valence-corrected chi connectivity index (χ0v) is 12.5. The van der Waals surface area contributed by atoms with E-state index in [1.165, 1.54) is 18.4 Å². The first-order valence-corrected chi connectivity index (χ1v) is 7.92. The summed E-state index contributed by atoms with van der Waals surface area (Å²) in [7, 11) is -0.372. The van der Waals surface area contributed by atoms with Gasteiger partial charge in [0.05, 0.1) is 11.5 Å². The highest BCUT2D eigenvalue weighted by atomic mass is 32.2. The fraction of sp³-hybridized carbons (Fsp3) is 0.538. The third kappa shape index (κ3) is 3.69. The molecule has 0 saturated carbocycles. The maximum absolute atomic E-state index is 11.9. The number of morpholine rings is 1. The van der Waals surface area contributed by atoms with Gasteiger partial charge in [-0.25, -0.2) is 12.7 Å². The lowest BCUT2D eigenvalue weighted by Gasteiger charge is -2.23. The SMILES string of the molecule is CN(C)S(=O)(=O)c1ccc(OCC2CNCCO2)cc1. The Hall–Kier alpha value is -1.15. The lowest BCUT2D eigenvalue weighted by molar-refractivity contribution is 0.000184. The van der Waals surface area contributed by atoms with Crippen LogP contribution in [0.25, 0.3) is 0 Å². The highest BCUT2D eigenvalue weighted by Gasteiger charge is 2.17. The summed E-state index contributed by atoms with van der Waals surface area (Å²) in [4.78, 5) is 0.255. The number of benzene rings is 1. The van der Waals surface area contributed by atoms with Crippen molar-refractivity contribution in [1.29, 1.82) is 0 Å².